The number of carbonyl (C=O) groups is 2. The van der Waals surface area contributed by atoms with Crippen molar-refractivity contribution in [3.8, 4) is 0 Å². The van der Waals surface area contributed by atoms with E-state index in [1.165, 1.54) is 18.3 Å². The van der Waals surface area contributed by atoms with E-state index in [1.54, 1.807) is 13.8 Å². The lowest BCUT2D eigenvalue weighted by atomic mass is 9.96. The molecule has 0 aromatic carbocycles. The minimum Gasteiger partial charge on any atom is -0.481 e. The van der Waals surface area contributed by atoms with E-state index < -0.39 is 30.8 Å². The molecule has 1 aromatic rings. The standard InChI is InChI=1S/C13H18F2N2O3/c1-8(2)9(13(19)20)6-16-12(18)10-4-3-5-17(10)7-11(14)15/h3-5,8-9,11H,6-7H2,1-2H3,(H,16,18)(H,19,20). The molecule has 1 aromatic heterocycles. The smallest absolute Gasteiger partial charge is 0.308 e. The highest BCUT2D eigenvalue weighted by molar-refractivity contribution is 5.93. The molecule has 0 aliphatic carbocycles. The monoisotopic (exact) mass is 288 g/mol. The summed E-state index contributed by atoms with van der Waals surface area (Å²) < 4.78 is 25.8. The number of carbonyl (C=O) groups excluding carboxylic acids is 1. The molecule has 1 rings (SSSR count). The Labute approximate surface area is 115 Å². The van der Waals surface area contributed by atoms with Gasteiger partial charge < -0.3 is 15.0 Å². The molecule has 2 N–H and O–H groups in total. The topological polar surface area (TPSA) is 71.3 Å². The highest BCUT2D eigenvalue weighted by atomic mass is 19.3. The Morgan fingerprint density at radius 2 is 2.05 bits per heavy atom. The number of hydrogen-bond donors (Lipinski definition) is 2. The van der Waals surface area contributed by atoms with Gasteiger partial charge in [0.15, 0.2) is 0 Å². The van der Waals surface area contributed by atoms with Crippen LogP contribution in [0, 0.1) is 11.8 Å². The average Bonchev–Trinajstić information content (AvgIpc) is 2.75. The predicted octanol–water partition coefficient (Wildman–Crippen LogP) is 1.84. The van der Waals surface area contributed by atoms with Crippen LogP contribution in [0.1, 0.15) is 24.3 Å². The molecule has 1 unspecified atom stereocenters. The summed E-state index contributed by atoms with van der Waals surface area (Å²) in [4.78, 5) is 22.9. The van der Waals surface area contributed by atoms with E-state index in [2.05, 4.69) is 5.32 Å². The molecular formula is C13H18F2N2O3. The van der Waals surface area contributed by atoms with Crippen LogP contribution >= 0.6 is 0 Å². The van der Waals surface area contributed by atoms with Gasteiger partial charge in [-0.05, 0) is 18.1 Å². The maximum absolute atomic E-state index is 12.3. The number of alkyl halides is 2. The lowest BCUT2D eigenvalue weighted by Gasteiger charge is -2.17. The molecule has 5 nitrogen and oxygen atoms in total. The van der Waals surface area contributed by atoms with Crippen LogP contribution in [0.5, 0.6) is 0 Å². The predicted molar refractivity (Wildman–Crippen MR) is 68.7 cm³/mol. The minimum atomic E-state index is -2.56. The van der Waals surface area contributed by atoms with Crippen molar-refractivity contribution in [3.05, 3.63) is 24.0 Å². The molecule has 112 valence electrons. The third kappa shape index (κ3) is 4.32. The molecule has 7 heteroatoms. The summed E-state index contributed by atoms with van der Waals surface area (Å²) in [5.41, 5.74) is 0.0956. The molecule has 1 heterocycles. The van der Waals surface area contributed by atoms with Crippen molar-refractivity contribution >= 4 is 11.9 Å². The Bertz CT molecular complexity index is 472. The van der Waals surface area contributed by atoms with Crippen LogP contribution in [-0.2, 0) is 11.3 Å². The largest absolute Gasteiger partial charge is 0.481 e. The van der Waals surface area contributed by atoms with Crippen molar-refractivity contribution in [2.24, 2.45) is 11.8 Å². The molecular weight excluding hydrogens is 270 g/mol. The van der Waals surface area contributed by atoms with Gasteiger partial charge in [0.1, 0.15) is 5.69 Å². The van der Waals surface area contributed by atoms with Crippen LogP contribution in [-0.4, -0.2) is 34.5 Å². The van der Waals surface area contributed by atoms with Crippen molar-refractivity contribution in [2.45, 2.75) is 26.8 Å². The van der Waals surface area contributed by atoms with Gasteiger partial charge in [-0.1, -0.05) is 13.8 Å². The van der Waals surface area contributed by atoms with Gasteiger partial charge in [0.25, 0.3) is 12.3 Å². The van der Waals surface area contributed by atoms with Crippen molar-refractivity contribution < 1.29 is 23.5 Å². The SMILES string of the molecule is CC(C)C(CNC(=O)c1cccn1CC(F)F)C(=O)O. The number of rotatable bonds is 7. The van der Waals surface area contributed by atoms with E-state index in [-0.39, 0.29) is 18.2 Å². The van der Waals surface area contributed by atoms with Crippen molar-refractivity contribution in [1.29, 1.82) is 0 Å². The molecule has 0 radical (unpaired) electrons. The summed E-state index contributed by atoms with van der Waals surface area (Å²) in [7, 11) is 0. The first kappa shape index (κ1) is 16.1. The number of amides is 1. The first-order valence-corrected chi connectivity index (χ1v) is 6.27. The van der Waals surface area contributed by atoms with Crippen LogP contribution < -0.4 is 5.32 Å². The van der Waals surface area contributed by atoms with E-state index >= 15 is 0 Å². The summed E-state index contributed by atoms with van der Waals surface area (Å²) in [6, 6.07) is 2.91. The average molecular weight is 288 g/mol. The fourth-order valence-electron chi connectivity index (χ4n) is 1.83. The highest BCUT2D eigenvalue weighted by Crippen LogP contribution is 2.11. The lowest BCUT2D eigenvalue weighted by Crippen LogP contribution is -2.36. The molecule has 0 saturated carbocycles. The van der Waals surface area contributed by atoms with Crippen LogP contribution in [0.15, 0.2) is 18.3 Å². The molecule has 0 aliphatic rings. The molecule has 0 spiro atoms. The number of hydrogen-bond acceptors (Lipinski definition) is 2. The van der Waals surface area contributed by atoms with Crippen LogP contribution in [0.25, 0.3) is 0 Å². The maximum atomic E-state index is 12.3. The Morgan fingerprint density at radius 3 is 2.55 bits per heavy atom. The summed E-state index contributed by atoms with van der Waals surface area (Å²) in [5.74, 6) is -2.40. The lowest BCUT2D eigenvalue weighted by molar-refractivity contribution is -0.142. The summed E-state index contributed by atoms with van der Waals surface area (Å²) in [5, 5.41) is 11.5. The Kier molecular flexibility index (Phi) is 5.66. The molecule has 0 aliphatic heterocycles. The van der Waals surface area contributed by atoms with Crippen LogP contribution in [0.3, 0.4) is 0 Å². The first-order valence-electron chi connectivity index (χ1n) is 6.27. The normalized spacial score (nSPS) is 12.7. The number of aromatic nitrogens is 1. The van der Waals surface area contributed by atoms with Crippen LogP contribution in [0.2, 0.25) is 0 Å². The van der Waals surface area contributed by atoms with Gasteiger partial charge in [0, 0.05) is 12.7 Å². The summed E-state index contributed by atoms with van der Waals surface area (Å²) in [6.07, 6.45) is -1.17. The van der Waals surface area contributed by atoms with Gasteiger partial charge in [-0.15, -0.1) is 0 Å². The zero-order chi connectivity index (χ0) is 15.3. The number of aliphatic carboxylic acids is 1. The van der Waals surface area contributed by atoms with E-state index in [1.807, 2.05) is 0 Å². The molecule has 0 fully saturated rings. The summed E-state index contributed by atoms with van der Waals surface area (Å²) >= 11 is 0. The van der Waals surface area contributed by atoms with Crippen molar-refractivity contribution in [3.63, 3.8) is 0 Å². The number of nitrogens with one attached hydrogen (secondary N) is 1. The fourth-order valence-corrected chi connectivity index (χ4v) is 1.83. The van der Waals surface area contributed by atoms with Gasteiger partial charge in [-0.25, -0.2) is 8.78 Å². The quantitative estimate of drug-likeness (QED) is 0.804. The second-order valence-electron chi connectivity index (χ2n) is 4.84. The number of halogens is 2. The number of carboxylic acids is 1. The third-order valence-electron chi connectivity index (χ3n) is 3.00. The van der Waals surface area contributed by atoms with E-state index in [4.69, 9.17) is 5.11 Å². The summed E-state index contributed by atoms with van der Waals surface area (Å²) in [6.45, 7) is 2.88. The Balaban J connectivity index is 2.67. The third-order valence-corrected chi connectivity index (χ3v) is 3.00. The van der Waals surface area contributed by atoms with Crippen molar-refractivity contribution in [2.75, 3.05) is 6.54 Å². The minimum absolute atomic E-state index is 0.0360. The number of carboxylic acid groups (broad SMARTS) is 1. The highest BCUT2D eigenvalue weighted by Gasteiger charge is 2.23. The first-order chi connectivity index (χ1) is 9.32. The maximum Gasteiger partial charge on any atom is 0.308 e. The second kappa shape index (κ2) is 7.02. The molecule has 1 amide bonds. The Hall–Kier alpha value is -1.92. The van der Waals surface area contributed by atoms with E-state index in [9.17, 15) is 18.4 Å². The van der Waals surface area contributed by atoms with Crippen molar-refractivity contribution in [1.82, 2.24) is 9.88 Å². The molecule has 0 saturated heterocycles. The van der Waals surface area contributed by atoms with Gasteiger partial charge >= 0.3 is 5.97 Å². The fraction of sp³-hybridized carbons (Fsp3) is 0.538. The van der Waals surface area contributed by atoms with Gasteiger partial charge in [-0.3, -0.25) is 9.59 Å². The molecule has 20 heavy (non-hydrogen) atoms. The van der Waals surface area contributed by atoms with E-state index in [0.717, 1.165) is 4.57 Å². The van der Waals surface area contributed by atoms with Gasteiger partial charge in [0.2, 0.25) is 0 Å². The van der Waals surface area contributed by atoms with Gasteiger partial charge in [-0.2, -0.15) is 0 Å². The van der Waals surface area contributed by atoms with Gasteiger partial charge in [0.05, 0.1) is 12.5 Å². The van der Waals surface area contributed by atoms with Crippen LogP contribution in [0.4, 0.5) is 8.78 Å². The second-order valence-corrected chi connectivity index (χ2v) is 4.84. The molecule has 1 atom stereocenters. The van der Waals surface area contributed by atoms with E-state index in [0.29, 0.717) is 0 Å². The zero-order valence-electron chi connectivity index (χ0n) is 11.3. The molecule has 0 bridgehead atoms. The number of nitrogens with zero attached hydrogens (tertiary/aromatic N) is 1. The zero-order valence-corrected chi connectivity index (χ0v) is 11.3. The Morgan fingerprint density at radius 1 is 1.40 bits per heavy atom.